The number of nitrogens with zero attached hydrogens (tertiary/aromatic N) is 2. The number of benzene rings is 1. The zero-order valence-electron chi connectivity index (χ0n) is 16.1. The van der Waals surface area contributed by atoms with Crippen molar-refractivity contribution in [3.8, 4) is 0 Å². The first-order valence-corrected chi connectivity index (χ1v) is 10.2. The Morgan fingerprint density at radius 3 is 2.96 bits per heavy atom. The molecule has 0 aliphatic carbocycles. The van der Waals surface area contributed by atoms with Crippen LogP contribution in [0.4, 0.5) is 0 Å². The second kappa shape index (κ2) is 10.5. The monoisotopic (exact) mass is 391 g/mol. The Morgan fingerprint density at radius 1 is 1.30 bits per heavy atom. The summed E-state index contributed by atoms with van der Waals surface area (Å²) in [7, 11) is 0. The molecule has 3 rings (SSSR count). The van der Waals surface area contributed by atoms with Crippen LogP contribution in [0.25, 0.3) is 10.9 Å². The van der Waals surface area contributed by atoms with Crippen LogP contribution in [0, 0.1) is 0 Å². The van der Waals surface area contributed by atoms with Gasteiger partial charge < -0.3 is 20.4 Å². The van der Waals surface area contributed by atoms with E-state index in [1.54, 1.807) is 0 Å². The molecule has 1 fully saturated rings. The summed E-state index contributed by atoms with van der Waals surface area (Å²) in [4.78, 5) is 10.5. The molecule has 6 nitrogen and oxygen atoms in total. The first-order chi connectivity index (χ1) is 13.3. The molecule has 0 spiro atoms. The molecular weight excluding hydrogens is 362 g/mol. The van der Waals surface area contributed by atoms with Gasteiger partial charge in [0, 0.05) is 61.4 Å². The van der Waals surface area contributed by atoms with Crippen LogP contribution in [0.3, 0.4) is 0 Å². The summed E-state index contributed by atoms with van der Waals surface area (Å²) in [5.74, 6) is 0.886. The molecule has 3 N–H and O–H groups in total. The topological polar surface area (TPSA) is 64.7 Å². The van der Waals surface area contributed by atoms with Gasteiger partial charge in [0.2, 0.25) is 0 Å². The molecule has 0 bridgehead atoms. The van der Waals surface area contributed by atoms with Crippen LogP contribution < -0.4 is 10.6 Å². The van der Waals surface area contributed by atoms with Gasteiger partial charge in [0.25, 0.3) is 0 Å². The van der Waals surface area contributed by atoms with Crippen molar-refractivity contribution in [3.63, 3.8) is 0 Å². The summed E-state index contributed by atoms with van der Waals surface area (Å²) in [6.45, 7) is 9.48. The minimum absolute atomic E-state index is 0.770. The zero-order valence-corrected chi connectivity index (χ0v) is 16.8. The highest BCUT2D eigenvalue weighted by molar-refractivity contribution is 6.31. The van der Waals surface area contributed by atoms with Crippen LogP contribution in [-0.4, -0.2) is 68.3 Å². The normalized spacial score (nSPS) is 16.0. The summed E-state index contributed by atoms with van der Waals surface area (Å²) >= 11 is 6.13. The summed E-state index contributed by atoms with van der Waals surface area (Å²) in [5.41, 5.74) is 2.39. The van der Waals surface area contributed by atoms with E-state index in [9.17, 15) is 0 Å². The molecule has 0 amide bonds. The lowest BCUT2D eigenvalue weighted by atomic mass is 10.1. The minimum atomic E-state index is 0.770. The van der Waals surface area contributed by atoms with Crippen LogP contribution >= 0.6 is 11.6 Å². The molecule has 148 valence electrons. The molecule has 27 heavy (non-hydrogen) atoms. The lowest BCUT2D eigenvalue weighted by Gasteiger charge is -2.26. The quantitative estimate of drug-likeness (QED) is 0.367. The van der Waals surface area contributed by atoms with Gasteiger partial charge in [-0.1, -0.05) is 11.6 Å². The third kappa shape index (κ3) is 6.13. The Balaban J connectivity index is 1.44. The SMILES string of the molecule is CCNC(=NCCCN1CCOCC1)NCCc1c[nH]c2ccc(Cl)cc12. The average Bonchev–Trinajstić information content (AvgIpc) is 3.08. The van der Waals surface area contributed by atoms with Crippen molar-refractivity contribution < 1.29 is 4.74 Å². The second-order valence-corrected chi connectivity index (χ2v) is 7.19. The molecule has 0 unspecified atom stereocenters. The zero-order chi connectivity index (χ0) is 18.9. The van der Waals surface area contributed by atoms with E-state index in [-0.39, 0.29) is 0 Å². The maximum atomic E-state index is 6.13. The maximum Gasteiger partial charge on any atom is 0.191 e. The van der Waals surface area contributed by atoms with Gasteiger partial charge >= 0.3 is 0 Å². The Labute approximate surface area is 166 Å². The summed E-state index contributed by atoms with van der Waals surface area (Å²) in [6, 6.07) is 5.96. The highest BCUT2D eigenvalue weighted by Crippen LogP contribution is 2.22. The van der Waals surface area contributed by atoms with Gasteiger partial charge in [-0.05, 0) is 43.5 Å². The van der Waals surface area contributed by atoms with Crippen LogP contribution in [0.1, 0.15) is 18.9 Å². The van der Waals surface area contributed by atoms with Crippen LogP contribution in [0.5, 0.6) is 0 Å². The van der Waals surface area contributed by atoms with Gasteiger partial charge in [0.1, 0.15) is 0 Å². The van der Waals surface area contributed by atoms with E-state index in [4.69, 9.17) is 21.3 Å². The average molecular weight is 392 g/mol. The largest absolute Gasteiger partial charge is 0.379 e. The highest BCUT2D eigenvalue weighted by Gasteiger charge is 2.09. The number of rotatable bonds is 8. The van der Waals surface area contributed by atoms with Gasteiger partial charge in [-0.25, -0.2) is 0 Å². The first-order valence-electron chi connectivity index (χ1n) is 9.84. The van der Waals surface area contributed by atoms with E-state index >= 15 is 0 Å². The third-order valence-corrected chi connectivity index (χ3v) is 5.00. The van der Waals surface area contributed by atoms with E-state index in [0.29, 0.717) is 0 Å². The molecule has 0 saturated carbocycles. The predicted octanol–water partition coefficient (Wildman–Crippen LogP) is 2.64. The van der Waals surface area contributed by atoms with E-state index in [1.165, 1.54) is 10.9 Å². The standard InChI is InChI=1S/C20H30ClN5O/c1-2-22-20(23-7-3-9-26-10-12-27-13-11-26)24-8-6-16-15-25-19-5-4-17(21)14-18(16)19/h4-5,14-15,25H,2-3,6-13H2,1H3,(H2,22,23,24). The Kier molecular flexibility index (Phi) is 7.80. The molecule has 7 heteroatoms. The van der Waals surface area contributed by atoms with E-state index in [0.717, 1.165) is 81.8 Å². The molecule has 1 aromatic heterocycles. The van der Waals surface area contributed by atoms with Gasteiger partial charge in [-0.2, -0.15) is 0 Å². The summed E-state index contributed by atoms with van der Waals surface area (Å²) in [6.07, 6.45) is 4.05. The molecule has 2 heterocycles. The molecule has 1 aliphatic heterocycles. The summed E-state index contributed by atoms with van der Waals surface area (Å²) < 4.78 is 5.39. The number of fused-ring (bicyclic) bond motifs is 1. The molecule has 2 aromatic rings. The van der Waals surface area contributed by atoms with Crippen molar-refractivity contribution in [2.75, 3.05) is 52.5 Å². The Hall–Kier alpha value is -1.76. The fourth-order valence-electron chi connectivity index (χ4n) is 3.32. The van der Waals surface area contributed by atoms with Crippen molar-refractivity contribution in [3.05, 3.63) is 35.0 Å². The van der Waals surface area contributed by atoms with Crippen molar-refractivity contribution in [1.82, 2.24) is 20.5 Å². The van der Waals surface area contributed by atoms with Crippen LogP contribution in [0.2, 0.25) is 5.02 Å². The van der Waals surface area contributed by atoms with E-state index in [2.05, 4.69) is 33.6 Å². The molecule has 1 saturated heterocycles. The van der Waals surface area contributed by atoms with Crippen molar-refractivity contribution in [1.29, 1.82) is 0 Å². The summed E-state index contributed by atoms with van der Waals surface area (Å²) in [5, 5.41) is 8.72. The van der Waals surface area contributed by atoms with Crippen molar-refractivity contribution in [2.24, 2.45) is 4.99 Å². The lowest BCUT2D eigenvalue weighted by molar-refractivity contribution is 0.0377. The number of halogens is 1. The first kappa shape index (κ1) is 20.0. The van der Waals surface area contributed by atoms with Gasteiger partial charge in [0.05, 0.1) is 13.2 Å². The van der Waals surface area contributed by atoms with Crippen LogP contribution in [0.15, 0.2) is 29.4 Å². The number of guanidine groups is 1. The van der Waals surface area contributed by atoms with Gasteiger partial charge in [-0.3, -0.25) is 9.89 Å². The number of aliphatic imine (C=N–C) groups is 1. The van der Waals surface area contributed by atoms with E-state index < -0.39 is 0 Å². The fourth-order valence-corrected chi connectivity index (χ4v) is 3.50. The van der Waals surface area contributed by atoms with Gasteiger partial charge in [0.15, 0.2) is 5.96 Å². The number of ether oxygens (including phenoxy) is 1. The van der Waals surface area contributed by atoms with Crippen molar-refractivity contribution in [2.45, 2.75) is 19.8 Å². The van der Waals surface area contributed by atoms with Gasteiger partial charge in [-0.15, -0.1) is 0 Å². The molecule has 1 aliphatic rings. The number of nitrogens with one attached hydrogen (secondary N) is 3. The Bertz CT molecular complexity index is 739. The lowest BCUT2D eigenvalue weighted by Crippen LogP contribution is -2.39. The molecule has 1 aromatic carbocycles. The van der Waals surface area contributed by atoms with Crippen molar-refractivity contribution >= 4 is 28.5 Å². The number of aromatic nitrogens is 1. The number of morpholine rings is 1. The predicted molar refractivity (Wildman–Crippen MR) is 113 cm³/mol. The maximum absolute atomic E-state index is 6.13. The number of hydrogen-bond donors (Lipinski definition) is 3. The number of H-pyrrole nitrogens is 1. The Morgan fingerprint density at radius 2 is 2.15 bits per heavy atom. The molecule has 0 radical (unpaired) electrons. The van der Waals surface area contributed by atoms with E-state index in [1.807, 2.05) is 18.2 Å². The second-order valence-electron chi connectivity index (χ2n) is 6.75. The highest BCUT2D eigenvalue weighted by atomic mass is 35.5. The smallest absolute Gasteiger partial charge is 0.191 e. The van der Waals surface area contributed by atoms with Crippen LogP contribution in [-0.2, 0) is 11.2 Å². The number of aromatic amines is 1. The molecule has 0 atom stereocenters. The third-order valence-electron chi connectivity index (χ3n) is 4.77. The molecular formula is C20H30ClN5O. The number of hydrogen-bond acceptors (Lipinski definition) is 3. The fraction of sp³-hybridized carbons (Fsp3) is 0.550. The minimum Gasteiger partial charge on any atom is -0.379 e.